The molecule has 0 saturated heterocycles. The van der Waals surface area contributed by atoms with Crippen molar-refractivity contribution in [3.63, 3.8) is 0 Å². The van der Waals surface area contributed by atoms with Crippen LogP contribution >= 0.6 is 0 Å². The fraction of sp³-hybridized carbons (Fsp3) is 0.348. The molecule has 1 unspecified atom stereocenters. The van der Waals surface area contributed by atoms with Gasteiger partial charge in [-0.1, -0.05) is 44.2 Å². The van der Waals surface area contributed by atoms with E-state index in [9.17, 15) is 14.4 Å². The van der Waals surface area contributed by atoms with Crippen molar-refractivity contribution in [1.29, 1.82) is 0 Å². The molecule has 6 nitrogen and oxygen atoms in total. The lowest BCUT2D eigenvalue weighted by Gasteiger charge is -2.21. The number of benzene rings is 2. The molecule has 3 N–H and O–H groups in total. The molecule has 0 saturated carbocycles. The number of hydrogen-bond acceptors (Lipinski definition) is 3. The molecule has 0 heterocycles. The van der Waals surface area contributed by atoms with E-state index in [0.717, 1.165) is 11.1 Å². The molecule has 0 aliphatic heterocycles. The third-order valence-corrected chi connectivity index (χ3v) is 4.63. The van der Waals surface area contributed by atoms with Gasteiger partial charge in [0.05, 0.1) is 0 Å². The zero-order valence-corrected chi connectivity index (χ0v) is 17.4. The molecule has 0 fully saturated rings. The quantitative estimate of drug-likeness (QED) is 0.642. The van der Waals surface area contributed by atoms with E-state index in [-0.39, 0.29) is 23.6 Å². The third kappa shape index (κ3) is 6.45. The first-order valence-corrected chi connectivity index (χ1v) is 9.77. The number of nitrogens with one attached hydrogen (secondary N) is 3. The summed E-state index contributed by atoms with van der Waals surface area (Å²) < 4.78 is 0. The molecule has 0 aromatic heterocycles. The first-order valence-electron chi connectivity index (χ1n) is 9.77. The lowest BCUT2D eigenvalue weighted by atomic mass is 10.0. The summed E-state index contributed by atoms with van der Waals surface area (Å²) in [6.07, 6.45) is 0.541. The van der Waals surface area contributed by atoms with E-state index in [1.165, 1.54) is 0 Å². The smallest absolute Gasteiger partial charge is 0.252 e. The Kier molecular flexibility index (Phi) is 7.95. The lowest BCUT2D eigenvalue weighted by Crippen LogP contribution is -2.47. The van der Waals surface area contributed by atoms with E-state index in [2.05, 4.69) is 16.0 Å². The van der Waals surface area contributed by atoms with Crippen LogP contribution in [-0.4, -0.2) is 30.8 Å². The zero-order chi connectivity index (χ0) is 21.4. The monoisotopic (exact) mass is 395 g/mol. The van der Waals surface area contributed by atoms with Crippen molar-refractivity contribution in [2.75, 3.05) is 7.05 Å². The first-order chi connectivity index (χ1) is 13.8. The second kappa shape index (κ2) is 10.4. The van der Waals surface area contributed by atoms with Crippen molar-refractivity contribution in [3.05, 3.63) is 70.8 Å². The number of hydrogen-bond donors (Lipinski definition) is 3. The summed E-state index contributed by atoms with van der Waals surface area (Å²) in [6.45, 7) is 6.21. The summed E-state index contributed by atoms with van der Waals surface area (Å²) in [6, 6.07) is 13.7. The van der Waals surface area contributed by atoms with Crippen LogP contribution in [-0.2, 0) is 11.3 Å². The van der Waals surface area contributed by atoms with Crippen LogP contribution in [0.4, 0.5) is 0 Å². The van der Waals surface area contributed by atoms with Gasteiger partial charge in [0.25, 0.3) is 11.8 Å². The Morgan fingerprint density at radius 2 is 1.59 bits per heavy atom. The number of carbonyl (C=O) groups excluding carboxylic acids is 3. The molecule has 2 aromatic carbocycles. The average Bonchev–Trinajstić information content (AvgIpc) is 2.71. The Labute approximate surface area is 172 Å². The van der Waals surface area contributed by atoms with Crippen molar-refractivity contribution in [1.82, 2.24) is 16.0 Å². The van der Waals surface area contributed by atoms with Gasteiger partial charge in [-0.05, 0) is 48.6 Å². The van der Waals surface area contributed by atoms with E-state index in [1.807, 2.05) is 39.0 Å². The SMILES string of the molecule is CNC(=O)c1ccc(CNC(=O)C(CC(C)C)NC(=O)c2ccccc2C)cc1. The molecule has 29 heavy (non-hydrogen) atoms. The van der Waals surface area contributed by atoms with Crippen molar-refractivity contribution in [2.24, 2.45) is 5.92 Å². The van der Waals surface area contributed by atoms with Crippen molar-refractivity contribution in [3.8, 4) is 0 Å². The predicted octanol–water partition coefficient (Wildman–Crippen LogP) is 2.82. The van der Waals surface area contributed by atoms with E-state index in [4.69, 9.17) is 0 Å². The lowest BCUT2D eigenvalue weighted by molar-refractivity contribution is -0.123. The van der Waals surface area contributed by atoms with Crippen LogP contribution in [0.5, 0.6) is 0 Å². The predicted molar refractivity (Wildman–Crippen MR) is 114 cm³/mol. The molecular formula is C23H29N3O3. The van der Waals surface area contributed by atoms with Gasteiger partial charge in [0.1, 0.15) is 6.04 Å². The molecule has 0 radical (unpaired) electrons. The first kappa shape index (κ1) is 22.1. The Morgan fingerprint density at radius 3 is 2.17 bits per heavy atom. The second-order valence-corrected chi connectivity index (χ2v) is 7.46. The van der Waals surface area contributed by atoms with Crippen molar-refractivity contribution < 1.29 is 14.4 Å². The molecule has 0 aliphatic rings. The Hall–Kier alpha value is -3.15. The van der Waals surface area contributed by atoms with Gasteiger partial charge in [-0.15, -0.1) is 0 Å². The van der Waals surface area contributed by atoms with E-state index in [1.54, 1.807) is 37.4 Å². The summed E-state index contributed by atoms with van der Waals surface area (Å²) in [5, 5.41) is 8.32. The number of amides is 3. The maximum absolute atomic E-state index is 12.7. The normalized spacial score (nSPS) is 11.6. The molecule has 3 amide bonds. The number of carbonyl (C=O) groups is 3. The summed E-state index contributed by atoms with van der Waals surface area (Å²) in [7, 11) is 1.58. The van der Waals surface area contributed by atoms with Gasteiger partial charge >= 0.3 is 0 Å². The van der Waals surface area contributed by atoms with Gasteiger partial charge in [0.2, 0.25) is 5.91 Å². The summed E-state index contributed by atoms with van der Waals surface area (Å²) in [4.78, 5) is 37.0. The van der Waals surface area contributed by atoms with Gasteiger partial charge in [-0.2, -0.15) is 0 Å². The molecule has 0 bridgehead atoms. The average molecular weight is 396 g/mol. The molecule has 6 heteroatoms. The third-order valence-electron chi connectivity index (χ3n) is 4.63. The minimum Gasteiger partial charge on any atom is -0.355 e. The van der Waals surface area contributed by atoms with E-state index in [0.29, 0.717) is 24.1 Å². The fourth-order valence-electron chi connectivity index (χ4n) is 3.00. The van der Waals surface area contributed by atoms with Crippen molar-refractivity contribution in [2.45, 2.75) is 39.8 Å². The largest absolute Gasteiger partial charge is 0.355 e. The van der Waals surface area contributed by atoms with Crippen LogP contribution in [0, 0.1) is 12.8 Å². The highest BCUT2D eigenvalue weighted by atomic mass is 16.2. The number of rotatable bonds is 8. The van der Waals surface area contributed by atoms with Crippen LogP contribution in [0.1, 0.15) is 52.1 Å². The maximum atomic E-state index is 12.7. The van der Waals surface area contributed by atoms with Crippen LogP contribution in [0.3, 0.4) is 0 Å². The summed E-state index contributed by atoms with van der Waals surface area (Å²) >= 11 is 0. The molecule has 2 aromatic rings. The zero-order valence-electron chi connectivity index (χ0n) is 17.4. The Bertz CT molecular complexity index is 860. The van der Waals surface area contributed by atoms with Gasteiger partial charge in [-0.3, -0.25) is 14.4 Å². The molecule has 154 valence electrons. The van der Waals surface area contributed by atoms with Crippen LogP contribution in [0.15, 0.2) is 48.5 Å². The maximum Gasteiger partial charge on any atom is 0.252 e. The van der Waals surface area contributed by atoms with Crippen LogP contribution in [0.2, 0.25) is 0 Å². The van der Waals surface area contributed by atoms with Gasteiger partial charge in [-0.25, -0.2) is 0 Å². The Morgan fingerprint density at radius 1 is 0.931 bits per heavy atom. The molecular weight excluding hydrogens is 366 g/mol. The van der Waals surface area contributed by atoms with Gasteiger partial charge in [0, 0.05) is 24.7 Å². The van der Waals surface area contributed by atoms with Crippen LogP contribution < -0.4 is 16.0 Å². The number of aryl methyl sites for hydroxylation is 1. The van der Waals surface area contributed by atoms with Gasteiger partial charge < -0.3 is 16.0 Å². The molecule has 2 rings (SSSR count). The summed E-state index contributed by atoms with van der Waals surface area (Å²) in [5.74, 6) is -0.388. The molecule has 0 aliphatic carbocycles. The Balaban J connectivity index is 2.02. The summed E-state index contributed by atoms with van der Waals surface area (Å²) in [5.41, 5.74) is 2.87. The highest BCUT2D eigenvalue weighted by Crippen LogP contribution is 2.11. The van der Waals surface area contributed by atoms with E-state index >= 15 is 0 Å². The minimum absolute atomic E-state index is 0.156. The molecule has 0 spiro atoms. The minimum atomic E-state index is -0.618. The highest BCUT2D eigenvalue weighted by molar-refractivity contribution is 5.98. The van der Waals surface area contributed by atoms with E-state index < -0.39 is 6.04 Å². The van der Waals surface area contributed by atoms with Crippen LogP contribution in [0.25, 0.3) is 0 Å². The fourth-order valence-corrected chi connectivity index (χ4v) is 3.00. The topological polar surface area (TPSA) is 87.3 Å². The second-order valence-electron chi connectivity index (χ2n) is 7.46. The standard InChI is InChI=1S/C23H29N3O3/c1-15(2)13-20(26-22(28)19-8-6-5-7-16(19)3)23(29)25-14-17-9-11-18(12-10-17)21(27)24-4/h5-12,15,20H,13-14H2,1-4H3,(H,24,27)(H,25,29)(H,26,28). The van der Waals surface area contributed by atoms with Crippen molar-refractivity contribution >= 4 is 17.7 Å². The highest BCUT2D eigenvalue weighted by Gasteiger charge is 2.23. The molecule has 1 atom stereocenters. The van der Waals surface area contributed by atoms with Gasteiger partial charge in [0.15, 0.2) is 0 Å².